The molecule has 1 aliphatic rings. The first-order chi connectivity index (χ1) is 13.0. The topological polar surface area (TPSA) is 85.2 Å². The number of piperidine rings is 1. The highest BCUT2D eigenvalue weighted by molar-refractivity contribution is 5.87. The van der Waals surface area contributed by atoms with E-state index in [0.29, 0.717) is 25.4 Å². The predicted octanol–water partition coefficient (Wildman–Crippen LogP) is 2.71. The van der Waals surface area contributed by atoms with Crippen LogP contribution in [0.2, 0.25) is 0 Å². The Hall–Kier alpha value is -2.55. The molecule has 0 radical (unpaired) electrons. The molecule has 0 aliphatic carbocycles. The maximum Gasteiger partial charge on any atom is 0.318 e. The first-order valence-corrected chi connectivity index (χ1v) is 9.73. The third-order valence-electron chi connectivity index (χ3n) is 4.93. The molecule has 27 heavy (non-hydrogen) atoms. The molecule has 0 bridgehead atoms. The quantitative estimate of drug-likeness (QED) is 0.724. The van der Waals surface area contributed by atoms with Gasteiger partial charge in [0.15, 0.2) is 0 Å². The Labute approximate surface area is 161 Å². The maximum absolute atomic E-state index is 12.6. The minimum Gasteiger partial charge on any atom is -0.341 e. The first-order valence-electron chi connectivity index (χ1n) is 9.73. The van der Waals surface area contributed by atoms with Crippen molar-refractivity contribution >= 4 is 11.9 Å². The highest BCUT2D eigenvalue weighted by atomic mass is 16.2. The average molecular weight is 370 g/mol. The van der Waals surface area contributed by atoms with Crippen molar-refractivity contribution in [1.82, 2.24) is 15.5 Å². The average Bonchev–Trinajstić information content (AvgIpc) is 2.66. The Balaban J connectivity index is 1.84. The number of hydrogen-bond acceptors (Lipinski definition) is 3. The normalized spacial score (nSPS) is 15.9. The van der Waals surface area contributed by atoms with E-state index in [1.807, 2.05) is 26.0 Å². The van der Waals surface area contributed by atoms with Gasteiger partial charge in [-0.3, -0.25) is 4.79 Å². The lowest BCUT2D eigenvalue weighted by Gasteiger charge is -2.33. The van der Waals surface area contributed by atoms with Gasteiger partial charge in [-0.15, -0.1) is 0 Å². The number of rotatable bonds is 7. The number of urea groups is 1. The summed E-state index contributed by atoms with van der Waals surface area (Å²) in [5, 5.41) is 14.0. The van der Waals surface area contributed by atoms with E-state index in [0.717, 1.165) is 19.3 Å². The number of nitriles is 1. The minimum atomic E-state index is -0.604. The minimum absolute atomic E-state index is 0.0474. The molecule has 0 aromatic heterocycles. The molecule has 1 heterocycles. The monoisotopic (exact) mass is 370 g/mol. The smallest absolute Gasteiger partial charge is 0.318 e. The van der Waals surface area contributed by atoms with Gasteiger partial charge in [-0.05, 0) is 43.1 Å². The highest BCUT2D eigenvalue weighted by Gasteiger charge is 2.27. The molecular formula is C21H30N4O2. The van der Waals surface area contributed by atoms with Gasteiger partial charge in [0, 0.05) is 13.1 Å². The van der Waals surface area contributed by atoms with E-state index in [-0.39, 0.29) is 24.4 Å². The second-order valence-corrected chi connectivity index (χ2v) is 7.63. The van der Waals surface area contributed by atoms with Crippen molar-refractivity contribution in [2.75, 3.05) is 19.6 Å². The van der Waals surface area contributed by atoms with Gasteiger partial charge in [-0.25, -0.2) is 4.79 Å². The largest absolute Gasteiger partial charge is 0.341 e. The standard InChI is InChI=1S/C21H30N4O2/c1-16(2)14-19(20(26)23-11-10-22)24-21(27)25-12-8-18(9-13-25)15-17-6-4-3-5-7-17/h3-7,16,18-19H,8-9,11-15H2,1-2H3,(H,23,26)(H,24,27)/t19-/m0/s1. The van der Waals surface area contributed by atoms with Crippen molar-refractivity contribution < 1.29 is 9.59 Å². The molecule has 2 N–H and O–H groups in total. The summed E-state index contributed by atoms with van der Waals surface area (Å²) in [6, 6.07) is 11.5. The van der Waals surface area contributed by atoms with Gasteiger partial charge in [-0.1, -0.05) is 44.2 Å². The zero-order valence-electron chi connectivity index (χ0n) is 16.3. The fourth-order valence-corrected chi connectivity index (χ4v) is 3.48. The summed E-state index contributed by atoms with van der Waals surface area (Å²) >= 11 is 0. The van der Waals surface area contributed by atoms with Crippen LogP contribution in [0.3, 0.4) is 0 Å². The van der Waals surface area contributed by atoms with E-state index < -0.39 is 6.04 Å². The van der Waals surface area contributed by atoms with E-state index in [1.165, 1.54) is 5.56 Å². The first kappa shape index (κ1) is 20.8. The van der Waals surface area contributed by atoms with Crippen LogP contribution in [0.4, 0.5) is 4.79 Å². The number of amides is 3. The van der Waals surface area contributed by atoms with Crippen molar-refractivity contribution in [2.24, 2.45) is 11.8 Å². The van der Waals surface area contributed by atoms with Crippen LogP contribution in [0.1, 0.15) is 38.7 Å². The number of nitrogens with zero attached hydrogens (tertiary/aromatic N) is 2. The van der Waals surface area contributed by atoms with Gasteiger partial charge in [-0.2, -0.15) is 5.26 Å². The van der Waals surface area contributed by atoms with Crippen LogP contribution in [0.15, 0.2) is 30.3 Å². The fourth-order valence-electron chi connectivity index (χ4n) is 3.48. The van der Waals surface area contributed by atoms with Gasteiger partial charge in [0.05, 0.1) is 6.07 Å². The molecular weight excluding hydrogens is 340 g/mol. The number of hydrogen-bond donors (Lipinski definition) is 2. The number of likely N-dealkylation sites (tertiary alicyclic amines) is 1. The molecule has 1 fully saturated rings. The van der Waals surface area contributed by atoms with Crippen molar-refractivity contribution in [3.05, 3.63) is 35.9 Å². The van der Waals surface area contributed by atoms with E-state index in [4.69, 9.17) is 5.26 Å². The molecule has 0 spiro atoms. The Morgan fingerprint density at radius 1 is 1.22 bits per heavy atom. The van der Waals surface area contributed by atoms with Gasteiger partial charge >= 0.3 is 6.03 Å². The third-order valence-corrected chi connectivity index (χ3v) is 4.93. The van der Waals surface area contributed by atoms with Crippen LogP contribution >= 0.6 is 0 Å². The molecule has 0 saturated carbocycles. The SMILES string of the molecule is CC(C)C[C@H](NC(=O)N1CCC(Cc2ccccc2)CC1)C(=O)NCC#N. The van der Waals surface area contributed by atoms with E-state index in [9.17, 15) is 9.59 Å². The molecule has 146 valence electrons. The summed E-state index contributed by atoms with van der Waals surface area (Å²) in [6.07, 6.45) is 3.53. The molecule has 1 aromatic rings. The van der Waals surface area contributed by atoms with Crippen molar-refractivity contribution in [3.8, 4) is 6.07 Å². The Bertz CT molecular complexity index is 646. The zero-order chi connectivity index (χ0) is 19.6. The number of nitrogens with one attached hydrogen (secondary N) is 2. The van der Waals surface area contributed by atoms with Gasteiger partial charge in [0.1, 0.15) is 12.6 Å². The van der Waals surface area contributed by atoms with E-state index in [2.05, 4.69) is 34.9 Å². The summed E-state index contributed by atoms with van der Waals surface area (Å²) in [5.41, 5.74) is 1.34. The molecule has 6 heteroatoms. The van der Waals surface area contributed by atoms with Crippen molar-refractivity contribution in [3.63, 3.8) is 0 Å². The molecule has 3 amide bonds. The lowest BCUT2D eigenvalue weighted by Crippen LogP contribution is -2.53. The molecule has 1 atom stereocenters. The van der Waals surface area contributed by atoms with E-state index >= 15 is 0 Å². The lowest BCUT2D eigenvalue weighted by atomic mass is 9.90. The molecule has 1 saturated heterocycles. The number of carbonyl (C=O) groups is 2. The van der Waals surface area contributed by atoms with Crippen LogP contribution in [0.25, 0.3) is 0 Å². The van der Waals surface area contributed by atoms with Crippen LogP contribution in [0.5, 0.6) is 0 Å². The second kappa shape index (κ2) is 10.6. The molecule has 2 rings (SSSR count). The zero-order valence-corrected chi connectivity index (χ0v) is 16.3. The Kier molecular flexibility index (Phi) is 8.12. The van der Waals surface area contributed by atoms with Crippen LogP contribution < -0.4 is 10.6 Å². The van der Waals surface area contributed by atoms with Crippen molar-refractivity contribution in [1.29, 1.82) is 5.26 Å². The fraction of sp³-hybridized carbons (Fsp3) is 0.571. The van der Waals surface area contributed by atoms with Gasteiger partial charge in [0.2, 0.25) is 5.91 Å². The Morgan fingerprint density at radius 3 is 2.48 bits per heavy atom. The second-order valence-electron chi connectivity index (χ2n) is 7.63. The highest BCUT2D eigenvalue weighted by Crippen LogP contribution is 2.21. The van der Waals surface area contributed by atoms with E-state index in [1.54, 1.807) is 4.90 Å². The summed E-state index contributed by atoms with van der Waals surface area (Å²) < 4.78 is 0. The number of benzene rings is 1. The van der Waals surface area contributed by atoms with Gasteiger partial charge in [0.25, 0.3) is 0 Å². The number of carbonyl (C=O) groups excluding carboxylic acids is 2. The molecule has 0 unspecified atom stereocenters. The van der Waals surface area contributed by atoms with Crippen LogP contribution in [-0.2, 0) is 11.2 Å². The molecule has 6 nitrogen and oxygen atoms in total. The van der Waals surface area contributed by atoms with Crippen LogP contribution in [0, 0.1) is 23.2 Å². The summed E-state index contributed by atoms with van der Waals surface area (Å²) in [7, 11) is 0. The Morgan fingerprint density at radius 2 is 1.89 bits per heavy atom. The van der Waals surface area contributed by atoms with Gasteiger partial charge < -0.3 is 15.5 Å². The van der Waals surface area contributed by atoms with Crippen LogP contribution in [-0.4, -0.2) is 42.5 Å². The van der Waals surface area contributed by atoms with Crippen molar-refractivity contribution in [2.45, 2.75) is 45.6 Å². The molecule has 1 aliphatic heterocycles. The summed E-state index contributed by atoms with van der Waals surface area (Å²) in [4.78, 5) is 26.6. The third kappa shape index (κ3) is 6.93. The summed E-state index contributed by atoms with van der Waals surface area (Å²) in [5.74, 6) is 0.555. The molecule has 1 aromatic carbocycles. The summed E-state index contributed by atoms with van der Waals surface area (Å²) in [6.45, 7) is 5.38. The maximum atomic E-state index is 12.6. The predicted molar refractivity (Wildman–Crippen MR) is 105 cm³/mol. The lowest BCUT2D eigenvalue weighted by molar-refractivity contribution is -0.123.